The maximum absolute atomic E-state index is 13.7. The minimum absolute atomic E-state index is 0.237. The fourth-order valence-electron chi connectivity index (χ4n) is 6.24. The molecule has 4 aliphatic heterocycles. The number of aromatic amines is 1. The van der Waals surface area contributed by atoms with E-state index in [1.807, 2.05) is 37.3 Å². The van der Waals surface area contributed by atoms with Crippen molar-refractivity contribution in [2.75, 3.05) is 45.2 Å². The number of hydrogen-bond acceptors (Lipinski definition) is 8. The van der Waals surface area contributed by atoms with E-state index in [9.17, 15) is 14.4 Å². The van der Waals surface area contributed by atoms with Gasteiger partial charge in [-0.2, -0.15) is 5.10 Å². The number of aryl methyl sites for hydroxylation is 1. The van der Waals surface area contributed by atoms with Gasteiger partial charge in [0.05, 0.1) is 18.3 Å². The molecule has 1 fully saturated rings. The molecule has 1 atom stereocenters. The Kier molecular flexibility index (Phi) is 8.51. The van der Waals surface area contributed by atoms with Gasteiger partial charge >= 0.3 is 12.2 Å². The van der Waals surface area contributed by atoms with Crippen molar-refractivity contribution in [1.82, 2.24) is 25.0 Å². The molecule has 232 valence electrons. The van der Waals surface area contributed by atoms with Crippen molar-refractivity contribution < 1.29 is 28.6 Å². The number of nitrogens with one attached hydrogen (secondary N) is 2. The van der Waals surface area contributed by atoms with Gasteiger partial charge in [0, 0.05) is 69.7 Å². The molecule has 1 saturated heterocycles. The predicted molar refractivity (Wildman–Crippen MR) is 163 cm³/mol. The van der Waals surface area contributed by atoms with Crippen LogP contribution in [0.3, 0.4) is 0 Å². The molecule has 4 aliphatic rings. The molecule has 7 rings (SSSR count). The number of H-pyrrole nitrogens is 1. The molecule has 3 amide bonds. The van der Waals surface area contributed by atoms with Crippen LogP contribution in [0.15, 0.2) is 36.7 Å². The maximum atomic E-state index is 13.7. The first kappa shape index (κ1) is 29.6. The Morgan fingerprint density at radius 3 is 2.73 bits per heavy atom. The Balaban J connectivity index is 1.25. The summed E-state index contributed by atoms with van der Waals surface area (Å²) in [5.41, 5.74) is 3.54. The molecule has 2 aromatic heterocycles. The van der Waals surface area contributed by atoms with Gasteiger partial charge < -0.3 is 24.0 Å². The minimum atomic E-state index is -1.00. The van der Waals surface area contributed by atoms with E-state index in [2.05, 4.69) is 20.5 Å². The van der Waals surface area contributed by atoms with Crippen LogP contribution < -0.4 is 5.32 Å². The SMILES string of the molecule is Cc1cc(C[C@H]2OC(=O)N3CCC4(CC3)OC(=O)Nc3ncc(cc34)/C=C/COCCCCCN(C)C2=O)cc2cn[nH]c12. The fourth-order valence-corrected chi connectivity index (χ4v) is 6.24. The van der Waals surface area contributed by atoms with Gasteiger partial charge in [-0.3, -0.25) is 15.2 Å². The molecule has 0 aliphatic carbocycles. The van der Waals surface area contributed by atoms with Gasteiger partial charge in [0.25, 0.3) is 5.91 Å². The third-order valence-electron chi connectivity index (χ3n) is 8.67. The van der Waals surface area contributed by atoms with Gasteiger partial charge in [0.15, 0.2) is 6.10 Å². The molecule has 0 unspecified atom stereocenters. The number of amides is 3. The van der Waals surface area contributed by atoms with Crippen molar-refractivity contribution in [2.45, 2.75) is 57.2 Å². The summed E-state index contributed by atoms with van der Waals surface area (Å²) in [6.45, 7) is 4.18. The lowest BCUT2D eigenvalue weighted by Crippen LogP contribution is -2.51. The Bertz CT molecular complexity index is 1580. The van der Waals surface area contributed by atoms with E-state index in [0.29, 0.717) is 38.4 Å². The number of carbonyl (C=O) groups excluding carboxylic acids is 3. The van der Waals surface area contributed by atoms with Crippen LogP contribution in [0.1, 0.15) is 54.4 Å². The van der Waals surface area contributed by atoms with Crippen LogP contribution in [-0.2, 0) is 31.0 Å². The number of piperidine rings is 1. The number of pyridine rings is 1. The first-order chi connectivity index (χ1) is 21.3. The van der Waals surface area contributed by atoms with Crippen molar-refractivity contribution in [3.05, 3.63) is 58.9 Å². The number of ether oxygens (including phenoxy) is 3. The summed E-state index contributed by atoms with van der Waals surface area (Å²) in [5, 5.41) is 10.8. The number of aromatic nitrogens is 3. The van der Waals surface area contributed by atoms with Crippen molar-refractivity contribution in [1.29, 1.82) is 0 Å². The van der Waals surface area contributed by atoms with Gasteiger partial charge in [-0.25, -0.2) is 14.6 Å². The highest BCUT2D eigenvalue weighted by molar-refractivity contribution is 5.88. The second-order valence-corrected chi connectivity index (χ2v) is 11.8. The Labute approximate surface area is 255 Å². The third kappa shape index (κ3) is 6.26. The van der Waals surface area contributed by atoms with Crippen molar-refractivity contribution in [3.63, 3.8) is 0 Å². The lowest BCUT2D eigenvalue weighted by atomic mass is 9.83. The Morgan fingerprint density at radius 1 is 1.05 bits per heavy atom. The molecular formula is C32H38N6O6. The lowest BCUT2D eigenvalue weighted by molar-refractivity contribution is -0.139. The van der Waals surface area contributed by atoms with Gasteiger partial charge in [0.1, 0.15) is 11.4 Å². The first-order valence-electron chi connectivity index (χ1n) is 15.2. The largest absolute Gasteiger partial charge is 0.437 e. The summed E-state index contributed by atoms with van der Waals surface area (Å²) in [6, 6.07) is 5.93. The number of nitrogens with zero attached hydrogens (tertiary/aromatic N) is 4. The quantitative estimate of drug-likeness (QED) is 0.436. The summed E-state index contributed by atoms with van der Waals surface area (Å²) in [5.74, 6) is 0.214. The van der Waals surface area contributed by atoms with Crippen LogP contribution in [0.5, 0.6) is 0 Å². The summed E-state index contributed by atoms with van der Waals surface area (Å²) in [4.78, 5) is 47.5. The predicted octanol–water partition coefficient (Wildman–Crippen LogP) is 4.54. The van der Waals surface area contributed by atoms with Crippen LogP contribution in [0, 0.1) is 6.92 Å². The Morgan fingerprint density at radius 2 is 1.89 bits per heavy atom. The molecule has 12 nitrogen and oxygen atoms in total. The highest BCUT2D eigenvalue weighted by Crippen LogP contribution is 2.43. The fraction of sp³-hybridized carbons (Fsp3) is 0.469. The van der Waals surface area contributed by atoms with Crippen molar-refractivity contribution in [3.8, 4) is 0 Å². The number of rotatable bonds is 2. The van der Waals surface area contributed by atoms with E-state index in [1.165, 1.54) is 0 Å². The summed E-state index contributed by atoms with van der Waals surface area (Å²) in [6.07, 6.45) is 8.76. The number of hydrogen-bond donors (Lipinski definition) is 2. The van der Waals surface area contributed by atoms with Gasteiger partial charge in [0.2, 0.25) is 0 Å². The molecule has 2 N–H and O–H groups in total. The molecule has 44 heavy (non-hydrogen) atoms. The standard InChI is InChI=1S/C32H38N6O6/c1-21-15-23(16-24-20-34-36-27(21)24)18-26-29(39)37(2)10-4-3-5-13-42-14-6-7-22-17-25-28(33-19-22)35-30(40)44-32(25)8-11-38(12-9-32)31(41)43-26/h6-7,15-17,19-20,26H,3-5,8-14,18H2,1-2H3,(H,34,36)(H,33,35,40)/b7-6+/t26-/m1/s1. The molecule has 12 heteroatoms. The average Bonchev–Trinajstić information content (AvgIpc) is 3.49. The van der Waals surface area contributed by atoms with E-state index in [0.717, 1.165) is 52.4 Å². The van der Waals surface area contributed by atoms with E-state index in [4.69, 9.17) is 14.2 Å². The number of carbonyl (C=O) groups is 3. The summed E-state index contributed by atoms with van der Waals surface area (Å²) < 4.78 is 17.6. The second-order valence-electron chi connectivity index (χ2n) is 11.8. The number of likely N-dealkylation sites (N-methyl/N-ethyl adjacent to an activating group) is 1. The van der Waals surface area contributed by atoms with Crippen molar-refractivity contribution in [2.24, 2.45) is 0 Å². The monoisotopic (exact) mass is 602 g/mol. The second kappa shape index (κ2) is 12.7. The molecule has 0 radical (unpaired) electrons. The van der Waals surface area contributed by atoms with Crippen LogP contribution in [-0.4, -0.2) is 89.1 Å². The molecule has 1 spiro atoms. The number of fused-ring (bicyclic) bond motifs is 15. The molecule has 0 saturated carbocycles. The first-order valence-corrected chi connectivity index (χ1v) is 15.2. The molecule has 3 aromatic rings. The van der Waals surface area contributed by atoms with Crippen LogP contribution in [0.4, 0.5) is 15.4 Å². The van der Waals surface area contributed by atoms with E-state index in [1.54, 1.807) is 29.2 Å². The van der Waals surface area contributed by atoms with Crippen LogP contribution in [0.25, 0.3) is 17.0 Å². The lowest BCUT2D eigenvalue weighted by Gasteiger charge is -2.43. The molecule has 1 aromatic carbocycles. The zero-order valence-corrected chi connectivity index (χ0v) is 25.1. The highest BCUT2D eigenvalue weighted by Gasteiger charge is 2.46. The number of anilines is 1. The van der Waals surface area contributed by atoms with Gasteiger partial charge in [-0.1, -0.05) is 18.2 Å². The van der Waals surface area contributed by atoms with Crippen molar-refractivity contribution >= 4 is 40.9 Å². The van der Waals surface area contributed by atoms with Gasteiger partial charge in [-0.05, 0) is 55.0 Å². The highest BCUT2D eigenvalue weighted by atomic mass is 16.6. The Hall–Kier alpha value is -4.45. The molecular weight excluding hydrogens is 564 g/mol. The summed E-state index contributed by atoms with van der Waals surface area (Å²) in [7, 11) is 1.75. The van der Waals surface area contributed by atoms with Crippen LogP contribution >= 0.6 is 0 Å². The third-order valence-corrected chi connectivity index (χ3v) is 8.67. The van der Waals surface area contributed by atoms with E-state index >= 15 is 0 Å². The average molecular weight is 603 g/mol. The zero-order valence-electron chi connectivity index (χ0n) is 25.1. The zero-order chi connectivity index (χ0) is 30.7. The minimum Gasteiger partial charge on any atom is -0.437 e. The topological polar surface area (TPSA) is 139 Å². The smallest absolute Gasteiger partial charge is 0.413 e. The number of benzene rings is 1. The molecule has 4 bridgehead atoms. The maximum Gasteiger partial charge on any atom is 0.413 e. The van der Waals surface area contributed by atoms with E-state index in [-0.39, 0.29) is 25.4 Å². The van der Waals surface area contributed by atoms with Gasteiger partial charge in [-0.15, -0.1) is 0 Å². The van der Waals surface area contributed by atoms with E-state index < -0.39 is 23.9 Å². The normalized spacial score (nSPS) is 24.3. The van der Waals surface area contributed by atoms with Crippen LogP contribution in [0.2, 0.25) is 0 Å². The summed E-state index contributed by atoms with van der Waals surface area (Å²) >= 11 is 0. The molecule has 6 heterocycles.